The molecule has 0 atom stereocenters. The number of anilines is 1. The summed E-state index contributed by atoms with van der Waals surface area (Å²) in [6, 6.07) is 4.45. The number of unbranched alkanes of at least 4 members (excludes halogenated alkanes) is 2. The third kappa shape index (κ3) is 14.0. The molecule has 0 saturated heterocycles. The van der Waals surface area contributed by atoms with Gasteiger partial charge in [-0.15, -0.1) is 0 Å². The van der Waals surface area contributed by atoms with Crippen LogP contribution in [0.3, 0.4) is 0 Å². The summed E-state index contributed by atoms with van der Waals surface area (Å²) in [5, 5.41) is 20.1. The third-order valence-corrected chi connectivity index (χ3v) is 6.35. The summed E-state index contributed by atoms with van der Waals surface area (Å²) >= 11 is 0. The van der Waals surface area contributed by atoms with Crippen LogP contribution in [0.4, 0.5) is 5.69 Å². The summed E-state index contributed by atoms with van der Waals surface area (Å²) in [5.41, 5.74) is 0.754. The number of ether oxygens (including phenoxy) is 2. The molecule has 0 radical (unpaired) electrons. The van der Waals surface area contributed by atoms with Crippen LogP contribution in [-0.4, -0.2) is 89.3 Å². The van der Waals surface area contributed by atoms with Gasteiger partial charge in [0.05, 0.1) is 26.1 Å². The van der Waals surface area contributed by atoms with E-state index in [4.69, 9.17) is 19.7 Å². The highest BCUT2D eigenvalue weighted by Crippen LogP contribution is 2.20. The smallest absolute Gasteiger partial charge is 0.305 e. The summed E-state index contributed by atoms with van der Waals surface area (Å²) in [7, 11) is 0. The van der Waals surface area contributed by atoms with Gasteiger partial charge in [-0.3, -0.25) is 38.5 Å². The SMILES string of the molecule is O=C(O)CCOCCCC(=O)c1cc(NC(=O)CCCCCN2C(=O)C=CC2=O)cc(C(=O)CCCOCCC(=O)O)c1. The van der Waals surface area contributed by atoms with Gasteiger partial charge in [-0.05, 0) is 43.9 Å². The first-order valence-electron chi connectivity index (χ1n) is 14.2. The summed E-state index contributed by atoms with van der Waals surface area (Å²) in [4.78, 5) is 83.9. The van der Waals surface area contributed by atoms with Crippen LogP contribution < -0.4 is 5.32 Å². The van der Waals surface area contributed by atoms with E-state index >= 15 is 0 Å². The van der Waals surface area contributed by atoms with Crippen LogP contribution in [0.1, 0.15) is 84.9 Å². The molecule has 43 heavy (non-hydrogen) atoms. The molecule has 1 aliphatic heterocycles. The van der Waals surface area contributed by atoms with E-state index in [1.807, 2.05) is 0 Å². The lowest BCUT2D eigenvalue weighted by Gasteiger charge is -2.13. The molecule has 13 heteroatoms. The molecule has 0 saturated carbocycles. The number of carbonyl (C=O) groups excluding carboxylic acids is 5. The standard InChI is InChI=1S/C30H38N2O11/c33-24(6-4-14-42-16-11-29(38)39)21-18-22(25(34)7-5-15-43-17-12-30(40)41)20-23(19-21)31-26(35)8-2-1-3-13-32-27(36)9-10-28(32)37/h9-10,18-20H,1-8,11-17H2,(H,31,35)(H,38,39)(H,40,41). The number of ketones is 2. The third-order valence-electron chi connectivity index (χ3n) is 6.35. The Kier molecular flexibility index (Phi) is 15.5. The largest absolute Gasteiger partial charge is 0.481 e. The van der Waals surface area contributed by atoms with E-state index in [2.05, 4.69) is 5.32 Å². The van der Waals surface area contributed by atoms with Crippen molar-refractivity contribution in [3.63, 3.8) is 0 Å². The molecule has 1 heterocycles. The van der Waals surface area contributed by atoms with Gasteiger partial charge in [-0.25, -0.2) is 0 Å². The molecule has 13 nitrogen and oxygen atoms in total. The van der Waals surface area contributed by atoms with Crippen molar-refractivity contribution in [2.45, 2.75) is 64.2 Å². The Morgan fingerprint density at radius 1 is 0.628 bits per heavy atom. The molecule has 3 N–H and O–H groups in total. The summed E-state index contributed by atoms with van der Waals surface area (Å²) in [6.45, 7) is 0.737. The lowest BCUT2D eigenvalue weighted by Crippen LogP contribution is -2.30. The predicted octanol–water partition coefficient (Wildman–Crippen LogP) is 3.02. The Bertz CT molecular complexity index is 1130. The average Bonchev–Trinajstić information content (AvgIpc) is 3.28. The van der Waals surface area contributed by atoms with Crippen LogP contribution in [0.15, 0.2) is 30.4 Å². The monoisotopic (exact) mass is 602 g/mol. The molecule has 1 aromatic carbocycles. The van der Waals surface area contributed by atoms with E-state index in [-0.39, 0.29) is 111 Å². The predicted molar refractivity (Wildman–Crippen MR) is 153 cm³/mol. The zero-order valence-electron chi connectivity index (χ0n) is 24.0. The van der Waals surface area contributed by atoms with Crippen LogP contribution in [-0.2, 0) is 33.4 Å². The van der Waals surface area contributed by atoms with Gasteiger partial charge in [0, 0.05) is 68.0 Å². The number of hydrogen-bond donors (Lipinski definition) is 3. The number of benzene rings is 1. The Balaban J connectivity index is 1.93. The van der Waals surface area contributed by atoms with Gasteiger partial charge in [0.1, 0.15) is 0 Å². The number of carboxylic acids is 2. The van der Waals surface area contributed by atoms with Gasteiger partial charge in [0.2, 0.25) is 5.91 Å². The summed E-state index contributed by atoms with van der Waals surface area (Å²) < 4.78 is 10.4. The van der Waals surface area contributed by atoms with Gasteiger partial charge < -0.3 is 25.0 Å². The van der Waals surface area contributed by atoms with Crippen molar-refractivity contribution in [2.24, 2.45) is 0 Å². The van der Waals surface area contributed by atoms with Crippen molar-refractivity contribution in [3.8, 4) is 0 Å². The molecule has 0 fully saturated rings. The van der Waals surface area contributed by atoms with Gasteiger partial charge in [-0.2, -0.15) is 0 Å². The molecule has 0 spiro atoms. The highest BCUT2D eigenvalue weighted by atomic mass is 16.5. The summed E-state index contributed by atoms with van der Waals surface area (Å²) in [5.74, 6) is -3.53. The van der Waals surface area contributed by atoms with Gasteiger partial charge >= 0.3 is 11.9 Å². The van der Waals surface area contributed by atoms with Crippen LogP contribution >= 0.6 is 0 Å². The number of nitrogens with one attached hydrogen (secondary N) is 1. The van der Waals surface area contributed by atoms with Crippen molar-refractivity contribution in [2.75, 3.05) is 38.3 Å². The summed E-state index contributed by atoms with van der Waals surface area (Å²) in [6.07, 6.45) is 4.85. The first kappa shape index (κ1) is 35.0. The molecular formula is C30H38N2O11. The maximum atomic E-state index is 12.9. The molecule has 2 rings (SSSR count). The van der Waals surface area contributed by atoms with E-state index in [0.29, 0.717) is 32.1 Å². The van der Waals surface area contributed by atoms with Crippen molar-refractivity contribution < 1.29 is 53.2 Å². The van der Waals surface area contributed by atoms with E-state index in [1.165, 1.54) is 30.4 Å². The van der Waals surface area contributed by atoms with Crippen molar-refractivity contribution in [1.82, 2.24) is 4.90 Å². The number of Topliss-reactive ketones (excluding diaryl/α,β-unsaturated/α-hetero) is 2. The molecule has 0 aromatic heterocycles. The second kappa shape index (κ2) is 19.1. The highest BCUT2D eigenvalue weighted by Gasteiger charge is 2.22. The second-order valence-corrected chi connectivity index (χ2v) is 9.89. The number of carboxylic acid groups (broad SMARTS) is 2. The van der Waals surface area contributed by atoms with Crippen molar-refractivity contribution in [1.29, 1.82) is 0 Å². The fourth-order valence-corrected chi connectivity index (χ4v) is 4.11. The number of nitrogens with zero attached hydrogens (tertiary/aromatic N) is 1. The Morgan fingerprint density at radius 2 is 1.14 bits per heavy atom. The number of amides is 3. The van der Waals surface area contributed by atoms with E-state index < -0.39 is 11.9 Å². The molecule has 234 valence electrons. The Labute approximate surface area is 249 Å². The quantitative estimate of drug-likeness (QED) is 0.0947. The molecular weight excluding hydrogens is 564 g/mol. The van der Waals surface area contributed by atoms with Gasteiger partial charge in [0.15, 0.2) is 11.6 Å². The molecule has 1 aliphatic rings. The maximum absolute atomic E-state index is 12.9. The minimum atomic E-state index is -0.980. The van der Waals surface area contributed by atoms with Gasteiger partial charge in [-0.1, -0.05) is 6.42 Å². The second-order valence-electron chi connectivity index (χ2n) is 9.89. The number of carbonyl (C=O) groups is 7. The van der Waals surface area contributed by atoms with Crippen LogP contribution in [0.25, 0.3) is 0 Å². The first-order valence-corrected chi connectivity index (χ1v) is 14.2. The van der Waals surface area contributed by atoms with Gasteiger partial charge in [0.25, 0.3) is 11.8 Å². The average molecular weight is 603 g/mol. The fraction of sp³-hybridized carbons (Fsp3) is 0.500. The minimum absolute atomic E-state index is 0.0371. The number of imide groups is 1. The lowest BCUT2D eigenvalue weighted by molar-refractivity contribution is -0.139. The van der Waals surface area contributed by atoms with Crippen LogP contribution in [0.5, 0.6) is 0 Å². The van der Waals surface area contributed by atoms with Crippen molar-refractivity contribution in [3.05, 3.63) is 41.5 Å². The Morgan fingerprint density at radius 3 is 1.63 bits per heavy atom. The molecule has 0 aliphatic carbocycles. The number of hydrogen-bond acceptors (Lipinski definition) is 9. The fourth-order valence-electron chi connectivity index (χ4n) is 4.11. The number of rotatable bonds is 23. The lowest BCUT2D eigenvalue weighted by atomic mass is 9.99. The normalized spacial score (nSPS) is 12.5. The number of aliphatic carboxylic acids is 2. The van der Waals surface area contributed by atoms with E-state index in [1.54, 1.807) is 0 Å². The minimum Gasteiger partial charge on any atom is -0.481 e. The van der Waals surface area contributed by atoms with Crippen LogP contribution in [0.2, 0.25) is 0 Å². The molecule has 3 amide bonds. The van der Waals surface area contributed by atoms with E-state index in [9.17, 15) is 33.6 Å². The maximum Gasteiger partial charge on any atom is 0.305 e. The Hall–Kier alpha value is -4.23. The molecule has 1 aromatic rings. The van der Waals surface area contributed by atoms with Crippen LogP contribution in [0, 0.1) is 0 Å². The first-order chi connectivity index (χ1) is 20.6. The zero-order chi connectivity index (χ0) is 31.6. The molecule has 0 bridgehead atoms. The topological polar surface area (TPSA) is 194 Å². The molecule has 0 unspecified atom stereocenters. The zero-order valence-corrected chi connectivity index (χ0v) is 24.0. The van der Waals surface area contributed by atoms with E-state index in [0.717, 1.165) is 4.90 Å². The highest BCUT2D eigenvalue weighted by molar-refractivity contribution is 6.12. The van der Waals surface area contributed by atoms with Crippen molar-refractivity contribution >= 4 is 46.9 Å².